The van der Waals surface area contributed by atoms with Crippen LogP contribution in [0.2, 0.25) is 0 Å². The van der Waals surface area contributed by atoms with Crippen molar-refractivity contribution >= 4 is 17.4 Å². The zero-order valence-electron chi connectivity index (χ0n) is 9.41. The molecule has 0 radical (unpaired) electrons. The van der Waals surface area contributed by atoms with Crippen LogP contribution in [0.1, 0.15) is 12.5 Å². The molecule has 0 saturated carbocycles. The average molecular weight is 254 g/mol. The second kappa shape index (κ2) is 4.92. The van der Waals surface area contributed by atoms with Gasteiger partial charge in [-0.1, -0.05) is 6.92 Å². The maximum Gasteiger partial charge on any atom is 0.150 e. The van der Waals surface area contributed by atoms with Crippen LogP contribution >= 0.6 is 11.8 Å². The van der Waals surface area contributed by atoms with Crippen molar-refractivity contribution in [2.75, 3.05) is 23.7 Å². The van der Waals surface area contributed by atoms with Gasteiger partial charge in [-0.05, 0) is 12.1 Å². The van der Waals surface area contributed by atoms with Gasteiger partial charge in [-0.2, -0.15) is 17.0 Å². The fraction of sp³-hybridized carbons (Fsp3) is 0.417. The van der Waals surface area contributed by atoms with Gasteiger partial charge in [0.15, 0.2) is 11.6 Å². The molecule has 0 aliphatic carbocycles. The van der Waals surface area contributed by atoms with E-state index >= 15 is 0 Å². The first-order chi connectivity index (χ1) is 8.11. The van der Waals surface area contributed by atoms with Gasteiger partial charge in [-0.3, -0.25) is 0 Å². The molecule has 1 aromatic carbocycles. The number of nitrogens with zero attached hydrogens (tertiary/aromatic N) is 2. The van der Waals surface area contributed by atoms with Crippen LogP contribution in [0.4, 0.5) is 14.5 Å². The van der Waals surface area contributed by atoms with Gasteiger partial charge in [0.2, 0.25) is 0 Å². The van der Waals surface area contributed by atoms with Crippen molar-refractivity contribution in [2.24, 2.45) is 0 Å². The van der Waals surface area contributed by atoms with E-state index in [1.807, 2.05) is 6.92 Å². The fourth-order valence-electron chi connectivity index (χ4n) is 1.95. The fourth-order valence-corrected chi connectivity index (χ4v) is 2.97. The molecule has 1 saturated heterocycles. The van der Waals surface area contributed by atoms with Crippen LogP contribution in [0.15, 0.2) is 12.1 Å². The number of halogens is 2. The number of benzene rings is 1. The minimum atomic E-state index is -0.652. The van der Waals surface area contributed by atoms with E-state index in [1.165, 1.54) is 0 Å². The minimum absolute atomic E-state index is 0.00356. The van der Waals surface area contributed by atoms with Gasteiger partial charge >= 0.3 is 0 Å². The van der Waals surface area contributed by atoms with E-state index in [0.717, 1.165) is 17.9 Å². The molecule has 1 atom stereocenters. The van der Waals surface area contributed by atoms with Crippen LogP contribution < -0.4 is 4.90 Å². The maximum atomic E-state index is 13.8. The summed E-state index contributed by atoms with van der Waals surface area (Å²) >= 11 is 1.80. The van der Waals surface area contributed by atoms with Crippen molar-refractivity contribution < 1.29 is 8.78 Å². The minimum Gasteiger partial charge on any atom is -0.365 e. The maximum absolute atomic E-state index is 13.8. The smallest absolute Gasteiger partial charge is 0.150 e. The quantitative estimate of drug-likeness (QED) is 0.771. The van der Waals surface area contributed by atoms with Crippen LogP contribution in [0.25, 0.3) is 0 Å². The summed E-state index contributed by atoms with van der Waals surface area (Å²) in [5.41, 5.74) is 0.0133. The normalized spacial score (nSPS) is 20.1. The van der Waals surface area contributed by atoms with Crippen molar-refractivity contribution in [3.8, 4) is 6.07 Å². The highest BCUT2D eigenvalue weighted by Gasteiger charge is 2.23. The van der Waals surface area contributed by atoms with Crippen molar-refractivity contribution in [2.45, 2.75) is 12.2 Å². The number of rotatable bonds is 1. The molecule has 17 heavy (non-hydrogen) atoms. The van der Waals surface area contributed by atoms with E-state index in [4.69, 9.17) is 5.26 Å². The summed E-state index contributed by atoms with van der Waals surface area (Å²) in [6.07, 6.45) is 0. The molecular formula is C12H12F2N2S. The van der Waals surface area contributed by atoms with Crippen LogP contribution in [-0.4, -0.2) is 24.1 Å². The van der Waals surface area contributed by atoms with E-state index in [1.54, 1.807) is 22.7 Å². The molecule has 2 rings (SSSR count). The Balaban J connectivity index is 2.35. The van der Waals surface area contributed by atoms with Gasteiger partial charge in [0, 0.05) is 24.1 Å². The zero-order valence-corrected chi connectivity index (χ0v) is 10.2. The SMILES string of the molecule is CC1CN(c2c(F)cc(C#N)cc2F)CCS1. The summed E-state index contributed by atoms with van der Waals surface area (Å²) in [6, 6.07) is 3.92. The highest BCUT2D eigenvalue weighted by Crippen LogP contribution is 2.29. The van der Waals surface area contributed by atoms with Crippen molar-refractivity contribution in [3.63, 3.8) is 0 Å². The molecule has 0 spiro atoms. The number of nitriles is 1. The first kappa shape index (κ1) is 12.2. The summed E-state index contributed by atoms with van der Waals surface area (Å²) in [4.78, 5) is 1.72. The summed E-state index contributed by atoms with van der Waals surface area (Å²) in [6.45, 7) is 3.30. The van der Waals surface area contributed by atoms with Crippen molar-refractivity contribution in [1.29, 1.82) is 5.26 Å². The molecule has 5 heteroatoms. The van der Waals surface area contributed by atoms with Gasteiger partial charge in [-0.25, -0.2) is 8.78 Å². The lowest BCUT2D eigenvalue weighted by molar-refractivity contribution is 0.569. The highest BCUT2D eigenvalue weighted by molar-refractivity contribution is 8.00. The first-order valence-corrected chi connectivity index (χ1v) is 6.42. The summed E-state index contributed by atoms with van der Waals surface area (Å²) in [5, 5.41) is 8.99. The molecule has 0 amide bonds. The first-order valence-electron chi connectivity index (χ1n) is 5.37. The monoisotopic (exact) mass is 254 g/mol. The molecule has 1 fully saturated rings. The summed E-state index contributed by atoms with van der Waals surface area (Å²) in [7, 11) is 0. The number of thioether (sulfide) groups is 1. The van der Waals surface area contributed by atoms with Crippen molar-refractivity contribution in [3.05, 3.63) is 29.3 Å². The Morgan fingerprint density at radius 3 is 2.59 bits per heavy atom. The predicted octanol–water partition coefficient (Wildman–Crippen LogP) is 2.78. The van der Waals surface area contributed by atoms with Gasteiger partial charge in [0.05, 0.1) is 11.6 Å². The van der Waals surface area contributed by atoms with Crippen LogP contribution in [0.3, 0.4) is 0 Å². The summed E-state index contributed by atoms with van der Waals surface area (Å²) < 4.78 is 27.5. The molecule has 1 aliphatic heterocycles. The molecule has 1 aliphatic rings. The Morgan fingerprint density at radius 1 is 1.41 bits per heavy atom. The third-order valence-electron chi connectivity index (χ3n) is 2.70. The number of anilines is 1. The zero-order chi connectivity index (χ0) is 12.4. The average Bonchev–Trinajstić information content (AvgIpc) is 2.28. The lowest BCUT2D eigenvalue weighted by Gasteiger charge is -2.32. The van der Waals surface area contributed by atoms with Gasteiger partial charge in [-0.15, -0.1) is 0 Å². The van der Waals surface area contributed by atoms with Gasteiger partial charge in [0.25, 0.3) is 0 Å². The van der Waals surface area contributed by atoms with E-state index in [0.29, 0.717) is 18.3 Å². The Morgan fingerprint density at radius 2 is 2.06 bits per heavy atom. The highest BCUT2D eigenvalue weighted by atomic mass is 32.2. The van der Waals surface area contributed by atoms with Gasteiger partial charge in [0.1, 0.15) is 5.69 Å². The molecule has 1 aromatic rings. The largest absolute Gasteiger partial charge is 0.365 e. The molecule has 1 unspecified atom stereocenters. The van der Waals surface area contributed by atoms with Crippen LogP contribution in [-0.2, 0) is 0 Å². The second-order valence-electron chi connectivity index (χ2n) is 4.03. The lowest BCUT2D eigenvalue weighted by atomic mass is 10.1. The lowest BCUT2D eigenvalue weighted by Crippen LogP contribution is -2.37. The van der Waals surface area contributed by atoms with E-state index < -0.39 is 11.6 Å². The third kappa shape index (κ3) is 2.52. The standard InChI is InChI=1S/C12H12F2N2S/c1-8-7-16(2-3-17-8)12-10(13)4-9(6-15)5-11(12)14/h4-5,8H,2-3,7H2,1H3. The second-order valence-corrected chi connectivity index (χ2v) is 5.57. The molecule has 0 N–H and O–H groups in total. The van der Waals surface area contributed by atoms with Crippen molar-refractivity contribution in [1.82, 2.24) is 0 Å². The Kier molecular flexibility index (Phi) is 3.53. The topological polar surface area (TPSA) is 27.0 Å². The van der Waals surface area contributed by atoms with E-state index in [9.17, 15) is 8.78 Å². The molecule has 2 nitrogen and oxygen atoms in total. The molecule has 90 valence electrons. The third-order valence-corrected chi connectivity index (χ3v) is 3.84. The number of hydrogen-bond acceptors (Lipinski definition) is 3. The summed E-state index contributed by atoms with van der Waals surface area (Å²) in [5.74, 6) is -0.443. The molecule has 1 heterocycles. The Hall–Kier alpha value is -1.28. The molecular weight excluding hydrogens is 242 g/mol. The van der Waals surface area contributed by atoms with Crippen LogP contribution in [0.5, 0.6) is 0 Å². The predicted molar refractivity (Wildman–Crippen MR) is 65.2 cm³/mol. The molecule has 0 bridgehead atoms. The Bertz CT molecular complexity index is 447. The van der Waals surface area contributed by atoms with Gasteiger partial charge < -0.3 is 4.90 Å². The number of hydrogen-bond donors (Lipinski definition) is 0. The van der Waals surface area contributed by atoms with Crippen LogP contribution in [0, 0.1) is 23.0 Å². The van der Waals surface area contributed by atoms with E-state index in [2.05, 4.69) is 0 Å². The van der Waals surface area contributed by atoms with E-state index in [-0.39, 0.29) is 11.3 Å². The Labute approximate surface area is 103 Å². The molecule has 0 aromatic heterocycles.